The third-order valence-electron chi connectivity index (χ3n) is 5.97. The van der Waals surface area contributed by atoms with Crippen LogP contribution in [-0.4, -0.2) is 59.1 Å². The van der Waals surface area contributed by atoms with Gasteiger partial charge in [0.15, 0.2) is 0 Å². The topological polar surface area (TPSA) is 76.5 Å². The van der Waals surface area contributed by atoms with Crippen LogP contribution in [0.4, 0.5) is 0 Å². The first-order chi connectivity index (χ1) is 15.7. The Labute approximate surface area is 188 Å². The number of nitrogens with one attached hydrogen (secondary N) is 1. The van der Waals surface area contributed by atoms with Gasteiger partial charge in [-0.15, -0.1) is 0 Å². The van der Waals surface area contributed by atoms with Crippen molar-refractivity contribution >= 4 is 22.8 Å². The highest BCUT2D eigenvalue weighted by atomic mass is 16.5. The van der Waals surface area contributed by atoms with E-state index in [0.29, 0.717) is 51.3 Å². The molecule has 2 aromatic carbocycles. The van der Waals surface area contributed by atoms with E-state index in [4.69, 9.17) is 4.74 Å². The lowest BCUT2D eigenvalue weighted by Crippen LogP contribution is -2.43. The molecule has 1 fully saturated rings. The molecule has 7 nitrogen and oxygen atoms in total. The molecule has 4 rings (SSSR count). The fourth-order valence-corrected chi connectivity index (χ4v) is 4.13. The molecule has 0 aliphatic carbocycles. The van der Waals surface area contributed by atoms with Crippen LogP contribution in [0.2, 0.25) is 0 Å². The number of amides is 2. The lowest BCUT2D eigenvalue weighted by atomic mass is 9.95. The second-order valence-corrected chi connectivity index (χ2v) is 8.06. The number of fused-ring (bicyclic) bond motifs is 1. The zero-order valence-electron chi connectivity index (χ0n) is 18.5. The summed E-state index contributed by atoms with van der Waals surface area (Å²) < 4.78 is 7.31. The van der Waals surface area contributed by atoms with Crippen LogP contribution >= 0.6 is 0 Å². The van der Waals surface area contributed by atoms with Crippen molar-refractivity contribution in [2.24, 2.45) is 5.92 Å². The van der Waals surface area contributed by atoms with Gasteiger partial charge in [0.05, 0.1) is 11.0 Å². The molecule has 1 saturated heterocycles. The molecule has 1 N–H and O–H groups in total. The fraction of sp³-hybridized carbons (Fsp3) is 0.400. The van der Waals surface area contributed by atoms with Crippen LogP contribution in [0, 0.1) is 5.92 Å². The summed E-state index contributed by atoms with van der Waals surface area (Å²) >= 11 is 0. The summed E-state index contributed by atoms with van der Waals surface area (Å²) in [6.07, 6.45) is 4.01. The second-order valence-electron chi connectivity index (χ2n) is 8.06. The van der Waals surface area contributed by atoms with Gasteiger partial charge in [0.1, 0.15) is 6.33 Å². The Bertz CT molecular complexity index is 1050. The number of likely N-dealkylation sites (tertiary alicyclic amines) is 1. The summed E-state index contributed by atoms with van der Waals surface area (Å²) in [7, 11) is 0. The SMILES string of the molecule is CCOCCCNC(=O)C1CCN(C(=O)c2ccc(-n3cnc4ccccc43)cc2)CC1. The molecular formula is C25H30N4O3. The van der Waals surface area contributed by atoms with Crippen LogP contribution in [0.3, 0.4) is 0 Å². The van der Waals surface area contributed by atoms with Gasteiger partial charge < -0.3 is 15.0 Å². The van der Waals surface area contributed by atoms with Crippen LogP contribution in [0.5, 0.6) is 0 Å². The van der Waals surface area contributed by atoms with Crippen molar-refractivity contribution in [3.8, 4) is 5.69 Å². The van der Waals surface area contributed by atoms with Crippen molar-refractivity contribution < 1.29 is 14.3 Å². The van der Waals surface area contributed by atoms with E-state index in [9.17, 15) is 9.59 Å². The van der Waals surface area contributed by atoms with Crippen LogP contribution in [-0.2, 0) is 9.53 Å². The molecule has 32 heavy (non-hydrogen) atoms. The predicted molar refractivity (Wildman–Crippen MR) is 124 cm³/mol. The van der Waals surface area contributed by atoms with Gasteiger partial charge in [-0.2, -0.15) is 0 Å². The van der Waals surface area contributed by atoms with Crippen LogP contribution in [0.25, 0.3) is 16.7 Å². The molecule has 0 unspecified atom stereocenters. The summed E-state index contributed by atoms with van der Waals surface area (Å²) in [4.78, 5) is 31.6. The molecule has 0 spiro atoms. The first-order valence-electron chi connectivity index (χ1n) is 11.3. The molecule has 0 radical (unpaired) electrons. The highest BCUT2D eigenvalue weighted by molar-refractivity contribution is 5.94. The number of hydrogen-bond acceptors (Lipinski definition) is 4. The van der Waals surface area contributed by atoms with Crippen molar-refractivity contribution in [2.75, 3.05) is 32.8 Å². The first-order valence-corrected chi connectivity index (χ1v) is 11.3. The van der Waals surface area contributed by atoms with Gasteiger partial charge in [-0.1, -0.05) is 12.1 Å². The summed E-state index contributed by atoms with van der Waals surface area (Å²) in [5.41, 5.74) is 3.60. The molecule has 2 heterocycles. The van der Waals surface area contributed by atoms with Crippen molar-refractivity contribution in [1.29, 1.82) is 0 Å². The quantitative estimate of drug-likeness (QED) is 0.551. The molecule has 1 aliphatic heterocycles. The molecule has 1 aromatic heterocycles. The van der Waals surface area contributed by atoms with Gasteiger partial charge in [-0.25, -0.2) is 4.98 Å². The molecule has 0 saturated carbocycles. The summed E-state index contributed by atoms with van der Waals surface area (Å²) in [5, 5.41) is 2.99. The number of imidazole rings is 1. The highest BCUT2D eigenvalue weighted by Crippen LogP contribution is 2.21. The average molecular weight is 435 g/mol. The predicted octanol–water partition coefficient (Wildman–Crippen LogP) is 3.42. The Kier molecular flexibility index (Phi) is 7.17. The van der Waals surface area contributed by atoms with Gasteiger partial charge in [-0.3, -0.25) is 14.2 Å². The Morgan fingerprint density at radius 2 is 1.84 bits per heavy atom. The smallest absolute Gasteiger partial charge is 0.253 e. The third-order valence-corrected chi connectivity index (χ3v) is 5.97. The number of rotatable bonds is 8. The van der Waals surface area contributed by atoms with Gasteiger partial charge in [-0.05, 0) is 62.6 Å². The number of piperidine rings is 1. The first kappa shape index (κ1) is 22.0. The van der Waals surface area contributed by atoms with Gasteiger partial charge in [0.2, 0.25) is 5.91 Å². The standard InChI is InChI=1S/C25H30N4O3/c1-2-32-17-5-14-26-24(30)19-12-15-28(16-13-19)25(31)20-8-10-21(11-9-20)29-18-27-22-6-3-4-7-23(22)29/h3-4,6-11,18-19H,2,5,12-17H2,1H3,(H,26,30). The number of carbonyl (C=O) groups excluding carboxylic acids is 2. The maximum atomic E-state index is 13.0. The third kappa shape index (κ3) is 4.99. The van der Waals surface area contributed by atoms with Crippen molar-refractivity contribution in [3.05, 3.63) is 60.4 Å². The minimum Gasteiger partial charge on any atom is -0.382 e. The summed E-state index contributed by atoms with van der Waals surface area (Å²) in [5.74, 6) is 0.0798. The van der Waals surface area contributed by atoms with Crippen molar-refractivity contribution in [1.82, 2.24) is 19.8 Å². The summed E-state index contributed by atoms with van der Waals surface area (Å²) in [6, 6.07) is 15.6. The maximum Gasteiger partial charge on any atom is 0.253 e. The highest BCUT2D eigenvalue weighted by Gasteiger charge is 2.27. The van der Waals surface area contributed by atoms with Gasteiger partial charge >= 0.3 is 0 Å². The number of hydrogen-bond donors (Lipinski definition) is 1. The molecule has 168 valence electrons. The Morgan fingerprint density at radius 3 is 2.59 bits per heavy atom. The van der Waals surface area contributed by atoms with E-state index >= 15 is 0 Å². The van der Waals surface area contributed by atoms with Gasteiger partial charge in [0, 0.05) is 50.0 Å². The van der Waals surface area contributed by atoms with E-state index in [2.05, 4.69) is 10.3 Å². The molecule has 0 bridgehead atoms. The fourth-order valence-electron chi connectivity index (χ4n) is 4.13. The number of benzene rings is 2. The molecular weight excluding hydrogens is 404 g/mol. The van der Waals surface area contributed by atoms with E-state index < -0.39 is 0 Å². The zero-order valence-corrected chi connectivity index (χ0v) is 18.5. The van der Waals surface area contributed by atoms with Crippen LogP contribution in [0.1, 0.15) is 36.5 Å². The van der Waals surface area contributed by atoms with E-state index in [0.717, 1.165) is 23.1 Å². The Hall–Kier alpha value is -3.19. The molecule has 0 atom stereocenters. The molecule has 7 heteroatoms. The van der Waals surface area contributed by atoms with Crippen LogP contribution in [0.15, 0.2) is 54.9 Å². The maximum absolute atomic E-state index is 13.0. The second kappa shape index (κ2) is 10.4. The zero-order chi connectivity index (χ0) is 22.3. The number of aromatic nitrogens is 2. The number of nitrogens with zero attached hydrogens (tertiary/aromatic N) is 3. The van der Waals surface area contributed by atoms with E-state index in [1.807, 2.05) is 64.9 Å². The molecule has 3 aromatic rings. The largest absolute Gasteiger partial charge is 0.382 e. The van der Waals surface area contributed by atoms with Gasteiger partial charge in [0.25, 0.3) is 5.91 Å². The molecule has 1 aliphatic rings. The molecule has 2 amide bonds. The van der Waals surface area contributed by atoms with Crippen LogP contribution < -0.4 is 5.32 Å². The van der Waals surface area contributed by atoms with E-state index in [1.165, 1.54) is 0 Å². The minimum atomic E-state index is -0.0250. The lowest BCUT2D eigenvalue weighted by molar-refractivity contribution is -0.126. The lowest BCUT2D eigenvalue weighted by Gasteiger charge is -2.31. The number of carbonyl (C=O) groups is 2. The minimum absolute atomic E-state index is 0.0163. The Morgan fingerprint density at radius 1 is 1.09 bits per heavy atom. The summed E-state index contributed by atoms with van der Waals surface area (Å²) in [6.45, 7) is 5.16. The van der Waals surface area contributed by atoms with Crippen molar-refractivity contribution in [2.45, 2.75) is 26.2 Å². The normalized spacial score (nSPS) is 14.6. The average Bonchev–Trinajstić information content (AvgIpc) is 3.28. The van der Waals surface area contributed by atoms with Crippen molar-refractivity contribution in [3.63, 3.8) is 0 Å². The van der Waals surface area contributed by atoms with E-state index in [-0.39, 0.29) is 17.7 Å². The Balaban J connectivity index is 1.30. The van der Waals surface area contributed by atoms with E-state index in [1.54, 1.807) is 6.33 Å². The number of ether oxygens (including phenoxy) is 1. The number of para-hydroxylation sites is 2. The monoisotopic (exact) mass is 434 g/mol.